The molecule has 0 atom stereocenters. The molecule has 3 aromatic heterocycles. The van der Waals surface area contributed by atoms with E-state index >= 15 is 0 Å². The normalized spacial score (nSPS) is 15.6. The largest absolute Gasteiger partial charge is 0.356 e. The monoisotopic (exact) mass is 454 g/mol. The molecule has 0 bridgehead atoms. The van der Waals surface area contributed by atoms with Gasteiger partial charge in [-0.15, -0.1) is 0 Å². The Morgan fingerprint density at radius 2 is 2.06 bits per heavy atom. The number of rotatable bonds is 10. The van der Waals surface area contributed by atoms with Gasteiger partial charge in [-0.25, -0.2) is 4.98 Å². The topological polar surface area (TPSA) is 73.0 Å². The minimum Gasteiger partial charge on any atom is -0.356 e. The molecule has 1 aliphatic rings. The van der Waals surface area contributed by atoms with E-state index in [0.717, 1.165) is 58.7 Å². The zero-order chi connectivity index (χ0) is 23.9. The van der Waals surface area contributed by atoms with E-state index in [4.69, 9.17) is 0 Å². The first-order chi connectivity index (χ1) is 16.6. The van der Waals surface area contributed by atoms with Gasteiger partial charge in [-0.05, 0) is 82.4 Å². The highest BCUT2D eigenvalue weighted by molar-refractivity contribution is 5.93. The van der Waals surface area contributed by atoms with Gasteiger partial charge in [0.2, 0.25) is 0 Å². The summed E-state index contributed by atoms with van der Waals surface area (Å²) in [6.07, 6.45) is 16.5. The van der Waals surface area contributed by atoms with Crippen molar-refractivity contribution in [3.05, 3.63) is 72.6 Å². The van der Waals surface area contributed by atoms with Crippen molar-refractivity contribution in [1.29, 1.82) is 0 Å². The smallest absolute Gasteiger partial charge is 0.181 e. The molecule has 176 valence electrons. The fraction of sp³-hybridized carbons (Fsp3) is 0.321. The van der Waals surface area contributed by atoms with Crippen LogP contribution in [0.15, 0.2) is 66.4 Å². The number of aryl methyl sites for hydroxylation is 1. The minimum absolute atomic E-state index is 0.691. The number of nitrogens with zero attached hydrogens (tertiary/aromatic N) is 4. The Kier molecular flexibility index (Phi) is 7.70. The molecular formula is C28H34N6. The van der Waals surface area contributed by atoms with E-state index in [2.05, 4.69) is 68.4 Å². The lowest BCUT2D eigenvalue weighted by atomic mass is 10.0. The number of aromatic amines is 2. The summed E-state index contributed by atoms with van der Waals surface area (Å²) in [6.45, 7) is 15.5. The van der Waals surface area contributed by atoms with Gasteiger partial charge in [0.15, 0.2) is 5.65 Å². The molecule has 0 amide bonds. The molecule has 1 saturated heterocycles. The maximum Gasteiger partial charge on any atom is 0.181 e. The fourth-order valence-corrected chi connectivity index (χ4v) is 4.49. The Labute approximate surface area is 201 Å². The number of fused-ring (bicyclic) bond motifs is 1. The lowest BCUT2D eigenvalue weighted by Gasteiger charge is -2.14. The number of hydrogen-bond donors (Lipinski definition) is 2. The van der Waals surface area contributed by atoms with Crippen LogP contribution in [0.3, 0.4) is 0 Å². The molecule has 0 radical (unpaired) electrons. The molecule has 0 aliphatic carbocycles. The number of likely N-dealkylation sites (tertiary alicyclic amines) is 1. The lowest BCUT2D eigenvalue weighted by Crippen LogP contribution is -2.20. The predicted molar refractivity (Wildman–Crippen MR) is 144 cm³/mol. The summed E-state index contributed by atoms with van der Waals surface area (Å²) in [7, 11) is 0. The summed E-state index contributed by atoms with van der Waals surface area (Å²) in [5.74, 6) is 0. The number of aliphatic imine (C=N–C) groups is 1. The maximum absolute atomic E-state index is 4.62. The first-order valence-corrected chi connectivity index (χ1v) is 12.0. The summed E-state index contributed by atoms with van der Waals surface area (Å²) in [4.78, 5) is 15.0. The van der Waals surface area contributed by atoms with Crippen molar-refractivity contribution in [2.75, 3.05) is 19.6 Å². The van der Waals surface area contributed by atoms with Gasteiger partial charge in [0.05, 0.1) is 17.1 Å². The van der Waals surface area contributed by atoms with E-state index in [1.54, 1.807) is 12.3 Å². The van der Waals surface area contributed by atoms with Crippen molar-refractivity contribution in [3.63, 3.8) is 0 Å². The number of allylic oxidation sites excluding steroid dienone is 6. The number of H-pyrrole nitrogens is 2. The molecule has 4 heterocycles. The van der Waals surface area contributed by atoms with Crippen LogP contribution in [-0.4, -0.2) is 50.9 Å². The first kappa shape index (κ1) is 23.6. The number of aromatic nitrogens is 4. The van der Waals surface area contributed by atoms with E-state index in [0.29, 0.717) is 5.65 Å². The van der Waals surface area contributed by atoms with Gasteiger partial charge >= 0.3 is 0 Å². The van der Waals surface area contributed by atoms with Crippen molar-refractivity contribution in [1.82, 2.24) is 25.1 Å². The zero-order valence-electron chi connectivity index (χ0n) is 20.3. The predicted octanol–water partition coefficient (Wildman–Crippen LogP) is 6.54. The van der Waals surface area contributed by atoms with Crippen molar-refractivity contribution in [3.8, 4) is 11.4 Å². The molecule has 6 heteroatoms. The molecule has 0 saturated carbocycles. The lowest BCUT2D eigenvalue weighted by molar-refractivity contribution is 0.334. The summed E-state index contributed by atoms with van der Waals surface area (Å²) in [6, 6.07) is 4.17. The van der Waals surface area contributed by atoms with Gasteiger partial charge in [-0.3, -0.25) is 10.1 Å². The Morgan fingerprint density at radius 1 is 1.24 bits per heavy atom. The highest BCUT2D eigenvalue weighted by Crippen LogP contribution is 2.31. The van der Waals surface area contributed by atoms with Crippen molar-refractivity contribution in [2.45, 2.75) is 39.5 Å². The molecule has 0 spiro atoms. The second-order valence-electron chi connectivity index (χ2n) is 8.72. The summed E-state index contributed by atoms with van der Waals surface area (Å²) < 4.78 is 0. The third-order valence-corrected chi connectivity index (χ3v) is 6.37. The highest BCUT2D eigenvalue weighted by Gasteiger charge is 2.14. The fourth-order valence-electron chi connectivity index (χ4n) is 4.49. The minimum atomic E-state index is 0.691. The Bertz CT molecular complexity index is 1250. The molecule has 6 nitrogen and oxygen atoms in total. The highest BCUT2D eigenvalue weighted by atomic mass is 15.2. The van der Waals surface area contributed by atoms with Crippen LogP contribution in [0, 0.1) is 6.92 Å². The van der Waals surface area contributed by atoms with Crippen LogP contribution in [-0.2, 0) is 0 Å². The number of nitrogens with one attached hydrogen (secondary N) is 2. The van der Waals surface area contributed by atoms with Crippen LogP contribution in [0.1, 0.15) is 43.9 Å². The molecule has 4 rings (SSSR count). The van der Waals surface area contributed by atoms with Crippen LogP contribution < -0.4 is 0 Å². The SMILES string of the molecule is C=CC=Nc1cc(-c2[nH]nc3ncc(C(/C=C(\C=C)CCCN4CCCC4)=C/C)cc23)[nH]c1C. The molecule has 2 N–H and O–H groups in total. The average Bonchev–Trinajstić information content (AvgIpc) is 3.59. The summed E-state index contributed by atoms with van der Waals surface area (Å²) >= 11 is 0. The van der Waals surface area contributed by atoms with E-state index < -0.39 is 0 Å². The quantitative estimate of drug-likeness (QED) is 0.270. The van der Waals surface area contributed by atoms with Gasteiger partial charge in [-0.1, -0.05) is 37.5 Å². The van der Waals surface area contributed by atoms with Crippen LogP contribution in [0.4, 0.5) is 5.69 Å². The van der Waals surface area contributed by atoms with Gasteiger partial charge in [0.25, 0.3) is 0 Å². The van der Waals surface area contributed by atoms with Gasteiger partial charge in [-0.2, -0.15) is 5.10 Å². The van der Waals surface area contributed by atoms with Crippen molar-refractivity contribution < 1.29 is 0 Å². The first-order valence-electron chi connectivity index (χ1n) is 12.0. The van der Waals surface area contributed by atoms with Crippen LogP contribution in [0.5, 0.6) is 0 Å². The molecule has 1 fully saturated rings. The molecular weight excluding hydrogens is 420 g/mol. The Balaban J connectivity index is 1.58. The van der Waals surface area contributed by atoms with E-state index in [1.807, 2.05) is 25.3 Å². The van der Waals surface area contributed by atoms with E-state index in [-0.39, 0.29) is 0 Å². The average molecular weight is 455 g/mol. The maximum atomic E-state index is 4.62. The standard InChI is InChI=1S/C28H34N6/c1-5-12-29-25-18-26(31-20(25)4)27-24-17-23(19-30-28(24)33-32-27)22(7-3)16-21(6-2)11-10-15-34-13-8-9-14-34/h5-7,12,16-19,31H,1-2,8-11,13-15H2,3-4H3,(H,30,32,33)/b21-16+,22-7+,29-12?. The van der Waals surface area contributed by atoms with Crippen LogP contribution >= 0.6 is 0 Å². The third-order valence-electron chi connectivity index (χ3n) is 6.37. The van der Waals surface area contributed by atoms with Crippen molar-refractivity contribution in [2.24, 2.45) is 4.99 Å². The zero-order valence-corrected chi connectivity index (χ0v) is 20.3. The summed E-state index contributed by atoms with van der Waals surface area (Å²) in [5.41, 5.74) is 7.84. The number of hydrogen-bond acceptors (Lipinski definition) is 4. The molecule has 0 unspecified atom stereocenters. The van der Waals surface area contributed by atoms with Crippen LogP contribution in [0.25, 0.3) is 28.0 Å². The number of pyridine rings is 1. The summed E-state index contributed by atoms with van der Waals surface area (Å²) in [5, 5.41) is 8.53. The third kappa shape index (κ3) is 5.34. The van der Waals surface area contributed by atoms with E-state index in [1.165, 1.54) is 31.5 Å². The molecule has 34 heavy (non-hydrogen) atoms. The second kappa shape index (κ2) is 11.1. The second-order valence-corrected chi connectivity index (χ2v) is 8.72. The Morgan fingerprint density at radius 3 is 2.79 bits per heavy atom. The van der Waals surface area contributed by atoms with E-state index in [9.17, 15) is 0 Å². The van der Waals surface area contributed by atoms with Gasteiger partial charge in [0.1, 0.15) is 0 Å². The van der Waals surface area contributed by atoms with Gasteiger partial charge in [0, 0.05) is 29.1 Å². The van der Waals surface area contributed by atoms with Gasteiger partial charge < -0.3 is 9.88 Å². The van der Waals surface area contributed by atoms with Crippen molar-refractivity contribution >= 4 is 28.5 Å². The Hall–Kier alpha value is -3.51. The molecule has 1 aliphatic heterocycles. The van der Waals surface area contributed by atoms with Crippen LogP contribution in [0.2, 0.25) is 0 Å². The molecule has 3 aromatic rings. The molecule has 0 aromatic carbocycles.